The highest BCUT2D eigenvalue weighted by Crippen LogP contribution is 2.14. The summed E-state index contributed by atoms with van der Waals surface area (Å²) in [4.78, 5) is 13.7. The number of amides is 1. The predicted molar refractivity (Wildman–Crippen MR) is 65.2 cm³/mol. The Bertz CT molecular complexity index is 476. The van der Waals surface area contributed by atoms with Gasteiger partial charge in [0.1, 0.15) is 5.25 Å². The highest BCUT2D eigenvalue weighted by atomic mass is 32.2. The summed E-state index contributed by atoms with van der Waals surface area (Å²) >= 11 is 1.58. The molecule has 6 heteroatoms. The molecule has 0 radical (unpaired) electrons. The number of carbonyl (C=O) groups is 1. The Hall–Kier alpha value is -0.880. The molecular formula is C10H15NO3S2. The summed E-state index contributed by atoms with van der Waals surface area (Å²) in [5, 5.41) is 1.62. The van der Waals surface area contributed by atoms with Crippen molar-refractivity contribution in [2.45, 2.75) is 25.6 Å². The fraction of sp³-hybridized carbons (Fsp3) is 0.500. The quantitative estimate of drug-likeness (QED) is 0.883. The maximum atomic E-state index is 11.5. The Labute approximate surface area is 99.6 Å². The Morgan fingerprint density at radius 2 is 2.12 bits per heavy atom. The third-order valence-electron chi connectivity index (χ3n) is 2.24. The van der Waals surface area contributed by atoms with Gasteiger partial charge >= 0.3 is 0 Å². The zero-order valence-corrected chi connectivity index (χ0v) is 11.1. The fourth-order valence-electron chi connectivity index (χ4n) is 1.09. The van der Waals surface area contributed by atoms with Crippen LogP contribution in [0, 0.1) is 6.92 Å². The second-order valence-electron chi connectivity index (χ2n) is 3.70. The van der Waals surface area contributed by atoms with Crippen LogP contribution in [0.1, 0.15) is 16.7 Å². The minimum atomic E-state index is -3.31. The number of sulfone groups is 1. The average molecular weight is 261 g/mol. The maximum Gasteiger partial charge on any atom is 0.238 e. The largest absolute Gasteiger partial charge is 0.350 e. The molecule has 0 aromatic carbocycles. The molecule has 1 rings (SSSR count). The molecule has 1 amide bonds. The highest BCUT2D eigenvalue weighted by molar-refractivity contribution is 7.92. The normalized spacial score (nSPS) is 13.4. The fourth-order valence-corrected chi connectivity index (χ4v) is 2.39. The van der Waals surface area contributed by atoms with Gasteiger partial charge in [-0.15, -0.1) is 11.3 Å². The van der Waals surface area contributed by atoms with E-state index >= 15 is 0 Å². The summed E-state index contributed by atoms with van der Waals surface area (Å²) in [6, 6.07) is 3.89. The van der Waals surface area contributed by atoms with Crippen molar-refractivity contribution in [3.05, 3.63) is 21.9 Å². The number of rotatable bonds is 4. The monoisotopic (exact) mass is 261 g/mol. The third-order valence-corrected chi connectivity index (χ3v) is 4.74. The summed E-state index contributed by atoms with van der Waals surface area (Å²) in [6.45, 7) is 3.76. The Morgan fingerprint density at radius 1 is 1.50 bits per heavy atom. The van der Waals surface area contributed by atoms with E-state index < -0.39 is 21.0 Å². The molecule has 0 fully saturated rings. The van der Waals surface area contributed by atoms with Gasteiger partial charge in [0.15, 0.2) is 9.84 Å². The molecule has 1 heterocycles. The van der Waals surface area contributed by atoms with Crippen molar-refractivity contribution in [1.29, 1.82) is 0 Å². The number of thiophene rings is 1. The standard InChI is InChI=1S/C10H15NO3S2/c1-7-4-5-9(15-7)6-11-10(12)8(2)16(3,13)14/h4-5,8H,6H2,1-3H3,(H,11,12). The SMILES string of the molecule is Cc1ccc(CNC(=O)C(C)S(C)(=O)=O)s1. The molecule has 0 aliphatic rings. The van der Waals surface area contributed by atoms with Crippen LogP contribution in [-0.2, 0) is 21.2 Å². The maximum absolute atomic E-state index is 11.5. The van der Waals surface area contributed by atoms with Gasteiger partial charge in [-0.3, -0.25) is 4.79 Å². The Morgan fingerprint density at radius 3 is 2.56 bits per heavy atom. The minimum Gasteiger partial charge on any atom is -0.350 e. The van der Waals surface area contributed by atoms with Gasteiger partial charge in [0.05, 0.1) is 6.54 Å². The van der Waals surface area contributed by atoms with Crippen LogP contribution in [0.3, 0.4) is 0 Å². The smallest absolute Gasteiger partial charge is 0.238 e. The van der Waals surface area contributed by atoms with Crippen LogP contribution < -0.4 is 5.32 Å². The Balaban J connectivity index is 2.54. The van der Waals surface area contributed by atoms with Gasteiger partial charge < -0.3 is 5.32 Å². The molecule has 0 spiro atoms. The van der Waals surface area contributed by atoms with Gasteiger partial charge in [0.25, 0.3) is 0 Å². The van der Waals surface area contributed by atoms with Crippen LogP contribution in [-0.4, -0.2) is 25.8 Å². The lowest BCUT2D eigenvalue weighted by Gasteiger charge is -2.09. The first kappa shape index (κ1) is 13.2. The van der Waals surface area contributed by atoms with Crippen LogP contribution in [0.4, 0.5) is 0 Å². The number of carbonyl (C=O) groups excluding carboxylic acids is 1. The van der Waals surface area contributed by atoms with Gasteiger partial charge in [-0.25, -0.2) is 8.42 Å². The van der Waals surface area contributed by atoms with Gasteiger partial charge in [-0.05, 0) is 26.0 Å². The van der Waals surface area contributed by atoms with Crippen molar-refractivity contribution >= 4 is 27.1 Å². The van der Waals surface area contributed by atoms with Crippen LogP contribution >= 0.6 is 11.3 Å². The van der Waals surface area contributed by atoms with E-state index in [1.54, 1.807) is 11.3 Å². The second kappa shape index (κ2) is 4.97. The molecule has 0 saturated carbocycles. The highest BCUT2D eigenvalue weighted by Gasteiger charge is 2.22. The van der Waals surface area contributed by atoms with Crippen molar-refractivity contribution in [3.8, 4) is 0 Å². The lowest BCUT2D eigenvalue weighted by molar-refractivity contribution is -0.120. The molecule has 1 aromatic rings. The van der Waals surface area contributed by atoms with Crippen molar-refractivity contribution < 1.29 is 13.2 Å². The number of hydrogen-bond donors (Lipinski definition) is 1. The molecule has 1 N–H and O–H groups in total. The number of nitrogens with one attached hydrogen (secondary N) is 1. The molecule has 0 bridgehead atoms. The lowest BCUT2D eigenvalue weighted by atomic mass is 10.4. The molecular weight excluding hydrogens is 246 g/mol. The summed E-state index contributed by atoms with van der Waals surface area (Å²) in [5.74, 6) is -0.450. The van der Waals surface area contributed by atoms with Crippen molar-refractivity contribution in [1.82, 2.24) is 5.32 Å². The molecule has 0 aliphatic carbocycles. The molecule has 1 aromatic heterocycles. The molecule has 1 unspecified atom stereocenters. The van der Waals surface area contributed by atoms with Crippen molar-refractivity contribution in [2.75, 3.05) is 6.26 Å². The van der Waals surface area contributed by atoms with Crippen LogP contribution in [0.2, 0.25) is 0 Å². The van der Waals surface area contributed by atoms with E-state index in [1.807, 2.05) is 19.1 Å². The van der Waals surface area contributed by atoms with Gasteiger partial charge in [-0.1, -0.05) is 0 Å². The number of aryl methyl sites for hydroxylation is 1. The molecule has 16 heavy (non-hydrogen) atoms. The van der Waals surface area contributed by atoms with Crippen molar-refractivity contribution in [3.63, 3.8) is 0 Å². The topological polar surface area (TPSA) is 63.2 Å². The first-order chi connectivity index (χ1) is 7.30. The molecule has 4 nitrogen and oxygen atoms in total. The van der Waals surface area contributed by atoms with Crippen molar-refractivity contribution in [2.24, 2.45) is 0 Å². The van der Waals surface area contributed by atoms with E-state index in [4.69, 9.17) is 0 Å². The summed E-state index contributed by atoms with van der Waals surface area (Å²) in [7, 11) is -3.31. The zero-order valence-electron chi connectivity index (χ0n) is 9.48. The summed E-state index contributed by atoms with van der Waals surface area (Å²) in [6.07, 6.45) is 1.06. The minimum absolute atomic E-state index is 0.386. The van der Waals surface area contributed by atoms with Gasteiger partial charge in [-0.2, -0.15) is 0 Å². The molecule has 90 valence electrons. The Kier molecular flexibility index (Phi) is 4.09. The van der Waals surface area contributed by atoms with Crippen LogP contribution in [0.15, 0.2) is 12.1 Å². The van der Waals surface area contributed by atoms with Crippen LogP contribution in [0.25, 0.3) is 0 Å². The third kappa shape index (κ3) is 3.61. The number of hydrogen-bond acceptors (Lipinski definition) is 4. The van der Waals surface area contributed by atoms with Crippen LogP contribution in [0.5, 0.6) is 0 Å². The van der Waals surface area contributed by atoms with Gasteiger partial charge in [0, 0.05) is 16.0 Å². The van der Waals surface area contributed by atoms with E-state index in [-0.39, 0.29) is 0 Å². The molecule has 1 atom stereocenters. The van der Waals surface area contributed by atoms with E-state index in [0.717, 1.165) is 11.1 Å². The second-order valence-corrected chi connectivity index (χ2v) is 7.44. The first-order valence-corrected chi connectivity index (χ1v) is 7.59. The predicted octanol–water partition coefficient (Wildman–Crippen LogP) is 1.11. The van der Waals surface area contributed by atoms with E-state index in [1.165, 1.54) is 11.8 Å². The van der Waals surface area contributed by atoms with E-state index in [9.17, 15) is 13.2 Å². The van der Waals surface area contributed by atoms with E-state index in [0.29, 0.717) is 6.54 Å². The van der Waals surface area contributed by atoms with E-state index in [2.05, 4.69) is 5.32 Å². The van der Waals surface area contributed by atoms with Gasteiger partial charge in [0.2, 0.25) is 5.91 Å². The average Bonchev–Trinajstić information content (AvgIpc) is 2.58. The first-order valence-electron chi connectivity index (χ1n) is 4.82. The summed E-state index contributed by atoms with van der Waals surface area (Å²) in [5.41, 5.74) is 0. The lowest BCUT2D eigenvalue weighted by Crippen LogP contribution is -2.36. The summed E-state index contributed by atoms with van der Waals surface area (Å²) < 4.78 is 22.3. The molecule has 0 aliphatic heterocycles. The zero-order chi connectivity index (χ0) is 12.3. The molecule has 0 saturated heterocycles.